The smallest absolute Gasteiger partial charge is 0.235 e. The van der Waals surface area contributed by atoms with Crippen LogP contribution in [0.2, 0.25) is 0 Å². The second kappa shape index (κ2) is 6.06. The lowest BCUT2D eigenvalue weighted by molar-refractivity contribution is -0.120. The summed E-state index contributed by atoms with van der Waals surface area (Å²) >= 11 is 6.71. The van der Waals surface area contributed by atoms with Crippen molar-refractivity contribution in [2.24, 2.45) is 0 Å². The number of aromatic nitrogens is 1. The summed E-state index contributed by atoms with van der Waals surface area (Å²) in [6.45, 7) is 3.79. The van der Waals surface area contributed by atoms with Gasteiger partial charge in [0, 0.05) is 15.1 Å². The molecular formula is C15H14Br2N2O. The van der Waals surface area contributed by atoms with Gasteiger partial charge in [-0.1, -0.05) is 28.1 Å². The number of hydrogen-bond donors (Lipinski definition) is 1. The number of hydrogen-bond acceptors (Lipinski definition) is 2. The summed E-state index contributed by atoms with van der Waals surface area (Å²) in [5, 5.41) is 2.84. The molecule has 0 atom stereocenters. The van der Waals surface area contributed by atoms with Crippen molar-refractivity contribution in [3.63, 3.8) is 0 Å². The minimum atomic E-state index is -0.630. The Bertz CT molecular complexity index is 607. The Morgan fingerprint density at radius 1 is 1.05 bits per heavy atom. The van der Waals surface area contributed by atoms with Crippen molar-refractivity contribution in [3.05, 3.63) is 57.1 Å². The highest BCUT2D eigenvalue weighted by molar-refractivity contribution is 9.10. The zero-order valence-electron chi connectivity index (χ0n) is 11.2. The average Bonchev–Trinajstić information content (AvgIpc) is 2.42. The van der Waals surface area contributed by atoms with Gasteiger partial charge in [0.05, 0.1) is 5.41 Å². The lowest BCUT2D eigenvalue weighted by Crippen LogP contribution is -2.34. The Hall–Kier alpha value is -1.20. The number of nitrogens with zero attached hydrogens (tertiary/aromatic N) is 1. The molecule has 0 radical (unpaired) electrons. The Labute approximate surface area is 135 Å². The molecule has 2 aromatic rings. The van der Waals surface area contributed by atoms with Gasteiger partial charge in [0.2, 0.25) is 5.91 Å². The first kappa shape index (κ1) is 15.2. The maximum absolute atomic E-state index is 12.4. The summed E-state index contributed by atoms with van der Waals surface area (Å²) in [4.78, 5) is 16.6. The molecule has 104 valence electrons. The number of nitrogens with one attached hydrogen (secondary N) is 1. The monoisotopic (exact) mass is 396 g/mol. The number of carbonyl (C=O) groups excluding carboxylic acids is 1. The molecule has 0 bridgehead atoms. The Morgan fingerprint density at radius 2 is 1.65 bits per heavy atom. The molecule has 0 aliphatic carbocycles. The minimum absolute atomic E-state index is 0.0883. The molecule has 0 aliphatic heterocycles. The van der Waals surface area contributed by atoms with Gasteiger partial charge in [0.15, 0.2) is 0 Å². The highest BCUT2D eigenvalue weighted by Crippen LogP contribution is 2.26. The standard InChI is InChI=1S/C15H14Br2N2O/c1-15(2,10-3-5-11(16)6-4-10)14(20)19-13-8-7-12(17)9-18-13/h3-9H,1-2H3,(H,18,19,20). The van der Waals surface area contributed by atoms with Gasteiger partial charge < -0.3 is 5.32 Å². The number of amides is 1. The molecule has 0 fully saturated rings. The molecule has 2 rings (SSSR count). The first-order valence-electron chi connectivity index (χ1n) is 6.08. The third-order valence-corrected chi connectivity index (χ3v) is 4.10. The number of anilines is 1. The Kier molecular flexibility index (Phi) is 4.60. The summed E-state index contributed by atoms with van der Waals surface area (Å²) in [6.07, 6.45) is 1.66. The lowest BCUT2D eigenvalue weighted by Gasteiger charge is -2.24. The van der Waals surface area contributed by atoms with Gasteiger partial charge in [-0.05, 0) is 59.6 Å². The number of benzene rings is 1. The molecule has 3 nitrogen and oxygen atoms in total. The van der Waals surface area contributed by atoms with E-state index in [9.17, 15) is 4.79 Å². The van der Waals surface area contributed by atoms with Crippen LogP contribution in [0.25, 0.3) is 0 Å². The molecule has 0 saturated heterocycles. The molecule has 0 aliphatic rings. The fourth-order valence-corrected chi connectivity index (χ4v) is 2.22. The van der Waals surface area contributed by atoms with Crippen LogP contribution in [0.3, 0.4) is 0 Å². The number of rotatable bonds is 3. The van der Waals surface area contributed by atoms with Crippen LogP contribution in [0.15, 0.2) is 51.5 Å². The van der Waals surface area contributed by atoms with Gasteiger partial charge in [-0.3, -0.25) is 4.79 Å². The van der Waals surface area contributed by atoms with Crippen molar-refractivity contribution in [1.82, 2.24) is 4.98 Å². The van der Waals surface area contributed by atoms with Crippen molar-refractivity contribution in [2.75, 3.05) is 5.32 Å². The molecule has 1 heterocycles. The van der Waals surface area contributed by atoms with Crippen LogP contribution in [-0.2, 0) is 10.2 Å². The van der Waals surface area contributed by atoms with Crippen molar-refractivity contribution in [3.8, 4) is 0 Å². The van der Waals surface area contributed by atoms with E-state index >= 15 is 0 Å². The minimum Gasteiger partial charge on any atom is -0.310 e. The van der Waals surface area contributed by atoms with Gasteiger partial charge in [-0.2, -0.15) is 0 Å². The first-order valence-corrected chi connectivity index (χ1v) is 7.67. The molecule has 0 saturated carbocycles. The number of halogens is 2. The maximum atomic E-state index is 12.4. The maximum Gasteiger partial charge on any atom is 0.235 e. The summed E-state index contributed by atoms with van der Waals surface area (Å²) < 4.78 is 1.87. The quantitative estimate of drug-likeness (QED) is 0.826. The largest absolute Gasteiger partial charge is 0.310 e. The van der Waals surface area contributed by atoms with Gasteiger partial charge >= 0.3 is 0 Å². The molecule has 1 amide bonds. The SMILES string of the molecule is CC(C)(C(=O)Nc1ccc(Br)cn1)c1ccc(Br)cc1. The van der Waals surface area contributed by atoms with E-state index in [1.54, 1.807) is 12.3 Å². The van der Waals surface area contributed by atoms with Gasteiger partial charge in [-0.15, -0.1) is 0 Å². The summed E-state index contributed by atoms with van der Waals surface area (Å²) in [5.41, 5.74) is 0.324. The summed E-state index contributed by atoms with van der Waals surface area (Å²) in [7, 11) is 0. The Morgan fingerprint density at radius 3 is 2.20 bits per heavy atom. The van der Waals surface area contributed by atoms with Crippen molar-refractivity contribution >= 4 is 43.6 Å². The van der Waals surface area contributed by atoms with Crippen LogP contribution in [0, 0.1) is 0 Å². The molecular weight excluding hydrogens is 384 g/mol. The van der Waals surface area contributed by atoms with E-state index < -0.39 is 5.41 Å². The molecule has 1 aromatic heterocycles. The van der Waals surface area contributed by atoms with Crippen LogP contribution in [0.5, 0.6) is 0 Å². The van der Waals surface area contributed by atoms with Crippen molar-refractivity contribution < 1.29 is 4.79 Å². The first-order chi connectivity index (χ1) is 9.39. The predicted molar refractivity (Wildman–Crippen MR) is 87.7 cm³/mol. The highest BCUT2D eigenvalue weighted by atomic mass is 79.9. The zero-order valence-corrected chi connectivity index (χ0v) is 14.3. The van der Waals surface area contributed by atoms with E-state index in [-0.39, 0.29) is 5.91 Å². The van der Waals surface area contributed by atoms with Crippen LogP contribution in [0.1, 0.15) is 19.4 Å². The van der Waals surface area contributed by atoms with Crippen LogP contribution in [0.4, 0.5) is 5.82 Å². The van der Waals surface area contributed by atoms with Crippen LogP contribution >= 0.6 is 31.9 Å². The molecule has 1 N–H and O–H groups in total. The van der Waals surface area contributed by atoms with Gasteiger partial charge in [-0.25, -0.2) is 4.98 Å². The van der Waals surface area contributed by atoms with Gasteiger partial charge in [0.25, 0.3) is 0 Å². The second-order valence-corrected chi connectivity index (χ2v) is 6.78. The van der Waals surface area contributed by atoms with Crippen LogP contribution in [-0.4, -0.2) is 10.9 Å². The van der Waals surface area contributed by atoms with Crippen LogP contribution < -0.4 is 5.32 Å². The van der Waals surface area contributed by atoms with E-state index in [2.05, 4.69) is 42.2 Å². The fourth-order valence-electron chi connectivity index (χ4n) is 1.72. The molecule has 5 heteroatoms. The average molecular weight is 398 g/mol. The van der Waals surface area contributed by atoms with Crippen molar-refractivity contribution in [1.29, 1.82) is 0 Å². The topological polar surface area (TPSA) is 42.0 Å². The van der Waals surface area contributed by atoms with E-state index in [4.69, 9.17) is 0 Å². The van der Waals surface area contributed by atoms with E-state index in [0.29, 0.717) is 5.82 Å². The zero-order chi connectivity index (χ0) is 14.8. The number of carbonyl (C=O) groups is 1. The summed E-state index contributed by atoms with van der Waals surface area (Å²) in [5.74, 6) is 0.457. The molecule has 1 aromatic carbocycles. The highest BCUT2D eigenvalue weighted by Gasteiger charge is 2.29. The second-order valence-electron chi connectivity index (χ2n) is 4.95. The normalized spacial score (nSPS) is 11.2. The van der Waals surface area contributed by atoms with Gasteiger partial charge in [0.1, 0.15) is 5.82 Å². The summed E-state index contributed by atoms with van der Waals surface area (Å²) in [6, 6.07) is 11.4. The molecule has 0 spiro atoms. The van der Waals surface area contributed by atoms with E-state index in [1.165, 1.54) is 0 Å². The third-order valence-electron chi connectivity index (χ3n) is 3.10. The third kappa shape index (κ3) is 3.46. The predicted octanol–water partition coefficient (Wildman–Crippen LogP) is 4.52. The van der Waals surface area contributed by atoms with Crippen molar-refractivity contribution in [2.45, 2.75) is 19.3 Å². The fraction of sp³-hybridized carbons (Fsp3) is 0.200. The van der Waals surface area contributed by atoms with E-state index in [1.807, 2.05) is 44.2 Å². The molecule has 0 unspecified atom stereocenters. The number of pyridine rings is 1. The van der Waals surface area contributed by atoms with E-state index in [0.717, 1.165) is 14.5 Å². The Balaban J connectivity index is 2.18. The lowest BCUT2D eigenvalue weighted by atomic mass is 9.84. The molecule has 20 heavy (non-hydrogen) atoms.